The van der Waals surface area contributed by atoms with E-state index >= 15 is 0 Å². The Hall–Kier alpha value is -3.22. The van der Waals surface area contributed by atoms with Crippen molar-refractivity contribution in [2.75, 3.05) is 6.61 Å². The molecule has 0 N–H and O–H groups in total. The molecule has 7 nitrogen and oxygen atoms in total. The van der Waals surface area contributed by atoms with Crippen molar-refractivity contribution in [3.63, 3.8) is 0 Å². The van der Waals surface area contributed by atoms with Crippen LogP contribution in [0.4, 0.5) is 0 Å². The van der Waals surface area contributed by atoms with E-state index in [1.165, 1.54) is 0 Å². The van der Waals surface area contributed by atoms with Crippen LogP contribution in [0.2, 0.25) is 0 Å². The van der Waals surface area contributed by atoms with Gasteiger partial charge in [-0.3, -0.25) is 4.98 Å². The van der Waals surface area contributed by atoms with Gasteiger partial charge >= 0.3 is 5.97 Å². The first-order chi connectivity index (χ1) is 11.7. The van der Waals surface area contributed by atoms with Crippen molar-refractivity contribution < 1.29 is 18.8 Å². The number of nitrogens with zero attached hydrogens (tertiary/aromatic N) is 3. The van der Waals surface area contributed by atoms with Crippen LogP contribution in [0.25, 0.3) is 11.4 Å². The van der Waals surface area contributed by atoms with Crippen molar-refractivity contribution in [1.82, 2.24) is 15.1 Å². The monoisotopic (exact) mass is 325 g/mol. The number of benzene rings is 1. The van der Waals surface area contributed by atoms with E-state index in [9.17, 15) is 4.79 Å². The number of rotatable bonds is 6. The van der Waals surface area contributed by atoms with E-state index in [2.05, 4.69) is 15.1 Å². The highest BCUT2D eigenvalue weighted by Crippen LogP contribution is 2.16. The SMILES string of the molecule is Cc1ccccc1OCC(=O)OCc1nc(-c2cccnc2)no1. The number of carbonyl (C=O) groups is 1. The van der Waals surface area contributed by atoms with Gasteiger partial charge in [0.05, 0.1) is 0 Å². The number of ether oxygens (including phenoxy) is 2. The summed E-state index contributed by atoms with van der Waals surface area (Å²) < 4.78 is 15.5. The molecule has 0 unspecified atom stereocenters. The summed E-state index contributed by atoms with van der Waals surface area (Å²) in [6, 6.07) is 11.0. The number of esters is 1. The lowest BCUT2D eigenvalue weighted by molar-refractivity contribution is -0.148. The Morgan fingerprint density at radius 2 is 2.08 bits per heavy atom. The topological polar surface area (TPSA) is 87.3 Å². The quantitative estimate of drug-likeness (QED) is 0.644. The normalized spacial score (nSPS) is 10.4. The number of hydrogen-bond donors (Lipinski definition) is 0. The fourth-order valence-electron chi connectivity index (χ4n) is 1.96. The fraction of sp³-hybridized carbons (Fsp3) is 0.176. The maximum absolute atomic E-state index is 11.7. The molecule has 0 atom stereocenters. The standard InChI is InChI=1S/C17H15N3O4/c1-12-5-2-3-7-14(12)22-11-16(21)23-10-15-19-17(20-24-15)13-6-4-8-18-9-13/h2-9H,10-11H2,1H3. The van der Waals surface area contributed by atoms with Crippen molar-refractivity contribution in [3.05, 3.63) is 60.2 Å². The Labute approximate surface area is 138 Å². The first-order valence-electron chi connectivity index (χ1n) is 7.29. The summed E-state index contributed by atoms with van der Waals surface area (Å²) in [5.74, 6) is 0.730. The summed E-state index contributed by atoms with van der Waals surface area (Å²) in [5, 5.41) is 3.82. The van der Waals surface area contributed by atoms with Gasteiger partial charge in [-0.15, -0.1) is 0 Å². The highest BCUT2D eigenvalue weighted by atomic mass is 16.6. The molecule has 0 radical (unpaired) electrons. The van der Waals surface area contributed by atoms with Gasteiger partial charge in [-0.1, -0.05) is 23.4 Å². The second-order valence-electron chi connectivity index (χ2n) is 4.97. The average Bonchev–Trinajstić information content (AvgIpc) is 3.09. The molecule has 0 fully saturated rings. The first-order valence-corrected chi connectivity index (χ1v) is 7.29. The molecule has 0 amide bonds. The van der Waals surface area contributed by atoms with Crippen molar-refractivity contribution in [2.24, 2.45) is 0 Å². The Balaban J connectivity index is 1.50. The van der Waals surface area contributed by atoms with Crippen LogP contribution >= 0.6 is 0 Å². The number of para-hydroxylation sites is 1. The van der Waals surface area contributed by atoms with Gasteiger partial charge in [-0.25, -0.2) is 4.79 Å². The van der Waals surface area contributed by atoms with E-state index in [-0.39, 0.29) is 19.1 Å². The summed E-state index contributed by atoms with van der Waals surface area (Å²) in [5.41, 5.74) is 1.67. The molecule has 0 spiro atoms. The second-order valence-corrected chi connectivity index (χ2v) is 4.97. The predicted octanol–water partition coefficient (Wildman–Crippen LogP) is 2.56. The van der Waals surface area contributed by atoms with Gasteiger partial charge < -0.3 is 14.0 Å². The number of pyridine rings is 1. The molecule has 3 aromatic rings. The van der Waals surface area contributed by atoms with Crippen molar-refractivity contribution >= 4 is 5.97 Å². The zero-order valence-corrected chi connectivity index (χ0v) is 13.0. The molecule has 0 bridgehead atoms. The molecule has 0 aliphatic heterocycles. The lowest BCUT2D eigenvalue weighted by Crippen LogP contribution is -2.15. The molecule has 7 heteroatoms. The van der Waals surface area contributed by atoms with Gasteiger partial charge in [0, 0.05) is 18.0 Å². The minimum atomic E-state index is -0.514. The minimum Gasteiger partial charge on any atom is -0.482 e. The van der Waals surface area contributed by atoms with Crippen LogP contribution in [0, 0.1) is 6.92 Å². The number of hydrogen-bond acceptors (Lipinski definition) is 7. The van der Waals surface area contributed by atoms with Gasteiger partial charge in [-0.2, -0.15) is 4.98 Å². The van der Waals surface area contributed by atoms with Crippen LogP contribution in [0.5, 0.6) is 5.75 Å². The second kappa shape index (κ2) is 7.36. The number of aryl methyl sites for hydroxylation is 1. The number of aromatic nitrogens is 3. The van der Waals surface area contributed by atoms with Gasteiger partial charge in [0.25, 0.3) is 5.89 Å². The highest BCUT2D eigenvalue weighted by Gasteiger charge is 2.12. The molecule has 0 saturated heterocycles. The Morgan fingerprint density at radius 1 is 1.21 bits per heavy atom. The van der Waals surface area contributed by atoms with Crippen molar-refractivity contribution in [2.45, 2.75) is 13.5 Å². The Kier molecular flexibility index (Phi) is 4.81. The van der Waals surface area contributed by atoms with Crippen LogP contribution in [-0.2, 0) is 16.1 Å². The van der Waals surface area contributed by atoms with Gasteiger partial charge in [0.1, 0.15) is 5.75 Å². The first kappa shape index (κ1) is 15.7. The van der Waals surface area contributed by atoms with Crippen LogP contribution in [-0.4, -0.2) is 27.7 Å². The molecule has 0 saturated carbocycles. The summed E-state index contributed by atoms with van der Waals surface area (Å²) in [6.07, 6.45) is 3.28. The van der Waals surface area contributed by atoms with E-state index in [4.69, 9.17) is 14.0 Å². The third kappa shape index (κ3) is 3.95. The molecular formula is C17H15N3O4. The smallest absolute Gasteiger partial charge is 0.344 e. The molecule has 2 heterocycles. The van der Waals surface area contributed by atoms with Gasteiger partial charge in [0.2, 0.25) is 5.82 Å². The highest BCUT2D eigenvalue weighted by molar-refractivity contribution is 5.71. The van der Waals surface area contributed by atoms with E-state index in [1.54, 1.807) is 24.5 Å². The van der Waals surface area contributed by atoms with E-state index in [0.717, 1.165) is 11.1 Å². The molecule has 0 aliphatic carbocycles. The summed E-state index contributed by atoms with van der Waals surface area (Å²) in [4.78, 5) is 19.9. The van der Waals surface area contributed by atoms with Crippen LogP contribution < -0.4 is 4.74 Å². The molecule has 24 heavy (non-hydrogen) atoms. The van der Waals surface area contributed by atoms with E-state index in [1.807, 2.05) is 31.2 Å². The number of carbonyl (C=O) groups excluding carboxylic acids is 1. The predicted molar refractivity (Wildman–Crippen MR) is 84.0 cm³/mol. The largest absolute Gasteiger partial charge is 0.482 e. The fourth-order valence-corrected chi connectivity index (χ4v) is 1.96. The molecule has 2 aromatic heterocycles. The minimum absolute atomic E-state index is 0.108. The molecular weight excluding hydrogens is 310 g/mol. The lowest BCUT2D eigenvalue weighted by Gasteiger charge is -2.07. The summed E-state index contributed by atoms with van der Waals surface area (Å²) in [6.45, 7) is 1.61. The van der Waals surface area contributed by atoms with Crippen LogP contribution in [0.3, 0.4) is 0 Å². The third-order valence-electron chi connectivity index (χ3n) is 3.18. The Morgan fingerprint density at radius 3 is 2.88 bits per heavy atom. The van der Waals surface area contributed by atoms with E-state index in [0.29, 0.717) is 11.6 Å². The average molecular weight is 325 g/mol. The maximum Gasteiger partial charge on any atom is 0.344 e. The molecule has 1 aromatic carbocycles. The maximum atomic E-state index is 11.7. The van der Waals surface area contributed by atoms with Crippen molar-refractivity contribution in [3.8, 4) is 17.1 Å². The molecule has 0 aliphatic rings. The zero-order chi connectivity index (χ0) is 16.8. The van der Waals surface area contributed by atoms with E-state index < -0.39 is 5.97 Å². The van der Waals surface area contributed by atoms with Crippen LogP contribution in [0.1, 0.15) is 11.5 Å². The van der Waals surface area contributed by atoms with Gasteiger partial charge in [-0.05, 0) is 30.7 Å². The van der Waals surface area contributed by atoms with Gasteiger partial charge in [0.15, 0.2) is 13.2 Å². The summed E-state index contributed by atoms with van der Waals surface area (Å²) >= 11 is 0. The zero-order valence-electron chi connectivity index (χ0n) is 13.0. The molecule has 3 rings (SSSR count). The van der Waals surface area contributed by atoms with Crippen molar-refractivity contribution in [1.29, 1.82) is 0 Å². The summed E-state index contributed by atoms with van der Waals surface area (Å²) in [7, 11) is 0. The van der Waals surface area contributed by atoms with Crippen LogP contribution in [0.15, 0.2) is 53.3 Å². The third-order valence-corrected chi connectivity index (χ3v) is 3.18. The Bertz CT molecular complexity index is 817. The molecule has 122 valence electrons. The lowest BCUT2D eigenvalue weighted by atomic mass is 10.2.